The lowest BCUT2D eigenvalue weighted by atomic mass is 10.1. The lowest BCUT2D eigenvalue weighted by Crippen LogP contribution is -2.16. The summed E-state index contributed by atoms with van der Waals surface area (Å²) in [4.78, 5) is 1.17. The third-order valence-electron chi connectivity index (χ3n) is 2.73. The smallest absolute Gasteiger partial charge is 0.0961 e. The number of hydrogen-bond acceptors (Lipinski definition) is 2. The number of rotatable bonds is 3. The molecule has 0 spiro atoms. The van der Waals surface area contributed by atoms with E-state index in [1.807, 2.05) is 32.2 Å². The minimum atomic E-state index is 0.0796. The summed E-state index contributed by atoms with van der Waals surface area (Å²) >= 11 is 19.7. The summed E-state index contributed by atoms with van der Waals surface area (Å²) in [5.41, 5.74) is 2.17. The van der Waals surface area contributed by atoms with Gasteiger partial charge in [-0.3, -0.25) is 0 Å². The van der Waals surface area contributed by atoms with Crippen molar-refractivity contribution in [2.45, 2.75) is 13.0 Å². The Balaban J connectivity index is 2.41. The third-order valence-corrected chi connectivity index (χ3v) is 5.09. The van der Waals surface area contributed by atoms with E-state index in [4.69, 9.17) is 34.8 Å². The molecule has 2 rings (SSSR count). The average Bonchev–Trinajstić information content (AvgIpc) is 2.65. The molecule has 1 aromatic carbocycles. The molecular formula is C13H12Cl3NS. The number of thiophene rings is 1. The first-order valence-electron chi connectivity index (χ1n) is 5.41. The highest BCUT2D eigenvalue weighted by molar-refractivity contribution is 7.16. The fourth-order valence-corrected chi connectivity index (χ4v) is 3.45. The van der Waals surface area contributed by atoms with Crippen molar-refractivity contribution in [3.05, 3.63) is 54.7 Å². The van der Waals surface area contributed by atoms with Gasteiger partial charge < -0.3 is 5.32 Å². The van der Waals surface area contributed by atoms with Crippen LogP contribution in [0, 0.1) is 6.92 Å². The first-order valence-corrected chi connectivity index (χ1v) is 7.36. The normalized spacial score (nSPS) is 12.7. The molecule has 0 aliphatic heterocycles. The predicted molar refractivity (Wildman–Crippen MR) is 81.4 cm³/mol. The van der Waals surface area contributed by atoms with E-state index in [1.165, 1.54) is 4.88 Å². The number of halogens is 3. The molecule has 0 amide bonds. The molecule has 0 saturated carbocycles. The van der Waals surface area contributed by atoms with Crippen molar-refractivity contribution >= 4 is 46.1 Å². The lowest BCUT2D eigenvalue weighted by molar-refractivity contribution is 0.703. The highest BCUT2D eigenvalue weighted by Gasteiger charge is 2.16. The van der Waals surface area contributed by atoms with E-state index in [0.29, 0.717) is 10.0 Å². The van der Waals surface area contributed by atoms with Crippen molar-refractivity contribution in [3.63, 3.8) is 0 Å². The van der Waals surface area contributed by atoms with Crippen molar-refractivity contribution in [2.75, 3.05) is 7.05 Å². The predicted octanol–water partition coefficient (Wildman–Crippen LogP) is 5.33. The van der Waals surface area contributed by atoms with Crippen molar-refractivity contribution in [2.24, 2.45) is 0 Å². The van der Waals surface area contributed by atoms with Gasteiger partial charge >= 0.3 is 0 Å². The van der Waals surface area contributed by atoms with Gasteiger partial charge in [0.25, 0.3) is 0 Å². The van der Waals surface area contributed by atoms with Crippen LogP contribution in [0.25, 0.3) is 0 Å². The third kappa shape index (κ3) is 2.84. The van der Waals surface area contributed by atoms with Crippen molar-refractivity contribution in [3.8, 4) is 0 Å². The summed E-state index contributed by atoms with van der Waals surface area (Å²) in [7, 11) is 1.91. The number of aryl methyl sites for hydroxylation is 1. The number of nitrogens with one attached hydrogen (secondary N) is 1. The highest BCUT2D eigenvalue weighted by atomic mass is 35.5. The van der Waals surface area contributed by atoms with Crippen LogP contribution in [0.3, 0.4) is 0 Å². The van der Waals surface area contributed by atoms with E-state index in [1.54, 1.807) is 11.3 Å². The number of hydrogen-bond donors (Lipinski definition) is 1. The minimum absolute atomic E-state index is 0.0796. The summed E-state index contributed by atoms with van der Waals surface area (Å²) in [5, 5.41) is 4.40. The summed E-state index contributed by atoms with van der Waals surface area (Å²) in [6.07, 6.45) is 0. The fourth-order valence-electron chi connectivity index (χ4n) is 1.79. The molecule has 1 heterocycles. The van der Waals surface area contributed by atoms with Gasteiger partial charge in [0.1, 0.15) is 0 Å². The molecule has 1 nitrogen and oxygen atoms in total. The van der Waals surface area contributed by atoms with Crippen LogP contribution >= 0.6 is 46.1 Å². The largest absolute Gasteiger partial charge is 0.309 e. The Morgan fingerprint density at radius 3 is 2.33 bits per heavy atom. The number of benzene rings is 1. The Labute approximate surface area is 126 Å². The van der Waals surface area contributed by atoms with Gasteiger partial charge in [-0.15, -0.1) is 11.3 Å². The van der Waals surface area contributed by atoms with Gasteiger partial charge in [-0.1, -0.05) is 40.9 Å². The van der Waals surface area contributed by atoms with Gasteiger partial charge in [-0.25, -0.2) is 0 Å². The second-order valence-corrected chi connectivity index (χ2v) is 6.50. The summed E-state index contributed by atoms with van der Waals surface area (Å²) in [6, 6.07) is 7.84. The first-order chi connectivity index (χ1) is 8.52. The lowest BCUT2D eigenvalue weighted by Gasteiger charge is -2.15. The van der Waals surface area contributed by atoms with Crippen molar-refractivity contribution < 1.29 is 0 Å². The van der Waals surface area contributed by atoms with E-state index in [2.05, 4.69) is 11.4 Å². The zero-order chi connectivity index (χ0) is 13.3. The Bertz CT molecular complexity index is 546. The van der Waals surface area contributed by atoms with E-state index in [0.717, 1.165) is 15.5 Å². The SMILES string of the molecule is CNC(c1ccc(Cl)c(Cl)c1)c1cc(C)c(Cl)s1. The van der Waals surface area contributed by atoms with Crippen LogP contribution < -0.4 is 5.32 Å². The molecule has 0 bridgehead atoms. The molecule has 0 aliphatic carbocycles. The van der Waals surface area contributed by atoms with Crippen LogP contribution in [0.4, 0.5) is 0 Å². The topological polar surface area (TPSA) is 12.0 Å². The second-order valence-electron chi connectivity index (χ2n) is 4.00. The van der Waals surface area contributed by atoms with Crippen LogP contribution in [-0.4, -0.2) is 7.05 Å². The van der Waals surface area contributed by atoms with E-state index < -0.39 is 0 Å². The summed E-state index contributed by atoms with van der Waals surface area (Å²) < 4.78 is 0.824. The van der Waals surface area contributed by atoms with Gasteiger partial charge in [-0.2, -0.15) is 0 Å². The molecule has 0 saturated heterocycles. The van der Waals surface area contributed by atoms with Gasteiger partial charge in [-0.05, 0) is 43.3 Å². The van der Waals surface area contributed by atoms with Crippen LogP contribution in [0.15, 0.2) is 24.3 Å². The van der Waals surface area contributed by atoms with Crippen molar-refractivity contribution in [1.82, 2.24) is 5.32 Å². The Morgan fingerprint density at radius 1 is 1.11 bits per heavy atom. The quantitative estimate of drug-likeness (QED) is 0.806. The zero-order valence-corrected chi connectivity index (χ0v) is 13.0. The molecule has 1 N–H and O–H groups in total. The standard InChI is InChI=1S/C13H12Cl3NS/c1-7-5-11(18-13(7)16)12(17-2)8-3-4-9(14)10(15)6-8/h3-6,12,17H,1-2H3. The van der Waals surface area contributed by atoms with Gasteiger partial charge in [0.15, 0.2) is 0 Å². The highest BCUT2D eigenvalue weighted by Crippen LogP contribution is 2.35. The molecule has 0 aliphatic rings. The molecular weight excluding hydrogens is 309 g/mol. The van der Waals surface area contributed by atoms with Crippen LogP contribution in [0.1, 0.15) is 22.0 Å². The van der Waals surface area contributed by atoms with E-state index in [9.17, 15) is 0 Å². The van der Waals surface area contributed by atoms with Gasteiger partial charge in [0.05, 0.1) is 20.4 Å². The van der Waals surface area contributed by atoms with Crippen molar-refractivity contribution in [1.29, 1.82) is 0 Å². The van der Waals surface area contributed by atoms with Crippen LogP contribution in [0.5, 0.6) is 0 Å². The molecule has 2 aromatic rings. The Kier molecular flexibility index (Phi) is 4.57. The molecule has 1 atom stereocenters. The van der Waals surface area contributed by atoms with Gasteiger partial charge in [0, 0.05) is 4.88 Å². The van der Waals surface area contributed by atoms with E-state index in [-0.39, 0.29) is 6.04 Å². The van der Waals surface area contributed by atoms with Crippen LogP contribution in [0.2, 0.25) is 14.4 Å². The molecule has 1 unspecified atom stereocenters. The maximum absolute atomic E-state index is 6.12. The Hall–Kier alpha value is -0.250. The van der Waals surface area contributed by atoms with Crippen LogP contribution in [-0.2, 0) is 0 Å². The van der Waals surface area contributed by atoms with Gasteiger partial charge in [0.2, 0.25) is 0 Å². The fraction of sp³-hybridized carbons (Fsp3) is 0.231. The van der Waals surface area contributed by atoms with E-state index >= 15 is 0 Å². The monoisotopic (exact) mass is 319 g/mol. The Morgan fingerprint density at radius 2 is 1.83 bits per heavy atom. The molecule has 1 aromatic heterocycles. The molecule has 96 valence electrons. The summed E-state index contributed by atoms with van der Waals surface area (Å²) in [6.45, 7) is 2.00. The molecule has 0 fully saturated rings. The summed E-state index contributed by atoms with van der Waals surface area (Å²) in [5.74, 6) is 0. The first kappa shape index (κ1) is 14.2. The molecule has 0 radical (unpaired) electrons. The molecule has 5 heteroatoms. The average molecular weight is 321 g/mol. The maximum Gasteiger partial charge on any atom is 0.0961 e. The molecule has 18 heavy (non-hydrogen) atoms. The second kappa shape index (κ2) is 5.81. The zero-order valence-electron chi connectivity index (χ0n) is 9.93. The minimum Gasteiger partial charge on any atom is -0.309 e. The maximum atomic E-state index is 6.12.